The molecule has 1 aromatic carbocycles. The fraction of sp³-hybridized carbons (Fsp3) is 0.143. The van der Waals surface area contributed by atoms with Gasteiger partial charge in [-0.2, -0.15) is 8.42 Å². The standard InChI is InChI=1S/C7H7FN2O5S/c1-13-7-3-5(8)2-6(4-7)10-9-14-16(11,12)15-10/h2-4,9H,1H3. The lowest BCUT2D eigenvalue weighted by Gasteiger charge is -2.12. The van der Waals surface area contributed by atoms with Gasteiger partial charge in [0.15, 0.2) is 0 Å². The summed E-state index contributed by atoms with van der Waals surface area (Å²) < 4.78 is 47.9. The third kappa shape index (κ3) is 2.22. The van der Waals surface area contributed by atoms with E-state index >= 15 is 0 Å². The van der Waals surface area contributed by atoms with Crippen molar-refractivity contribution in [1.82, 2.24) is 5.59 Å². The second kappa shape index (κ2) is 3.87. The maximum atomic E-state index is 13.1. The molecule has 1 aliphatic heterocycles. The third-order valence-electron chi connectivity index (χ3n) is 1.71. The Morgan fingerprint density at radius 1 is 1.44 bits per heavy atom. The van der Waals surface area contributed by atoms with Crippen LogP contribution in [0.4, 0.5) is 10.1 Å². The van der Waals surface area contributed by atoms with Crippen LogP contribution in [0.15, 0.2) is 18.2 Å². The number of ether oxygens (including phenoxy) is 1. The van der Waals surface area contributed by atoms with Gasteiger partial charge in [0, 0.05) is 18.2 Å². The SMILES string of the molecule is COc1cc(F)cc(N2NOS(=O)(=O)O2)c1. The Bertz CT molecular complexity index is 505. The molecule has 1 N–H and O–H groups in total. The van der Waals surface area contributed by atoms with Crippen LogP contribution in [0.5, 0.6) is 5.75 Å². The van der Waals surface area contributed by atoms with E-state index in [0.717, 1.165) is 12.1 Å². The first kappa shape index (κ1) is 11.1. The average Bonchev–Trinajstić information content (AvgIpc) is 2.58. The number of anilines is 1. The molecular weight excluding hydrogens is 243 g/mol. The number of nitrogens with one attached hydrogen (secondary N) is 1. The lowest BCUT2D eigenvalue weighted by molar-refractivity contribution is 0.198. The van der Waals surface area contributed by atoms with E-state index in [1.54, 1.807) is 0 Å². The first-order valence-electron chi connectivity index (χ1n) is 4.03. The van der Waals surface area contributed by atoms with Gasteiger partial charge in [0.2, 0.25) is 0 Å². The normalized spacial score (nSPS) is 18.8. The van der Waals surface area contributed by atoms with E-state index in [4.69, 9.17) is 4.74 Å². The topological polar surface area (TPSA) is 77.1 Å². The molecule has 1 aromatic rings. The highest BCUT2D eigenvalue weighted by Gasteiger charge is 2.29. The van der Waals surface area contributed by atoms with Crippen molar-refractivity contribution in [3.8, 4) is 5.75 Å². The molecule has 0 spiro atoms. The number of methoxy groups -OCH3 is 1. The zero-order valence-corrected chi connectivity index (χ0v) is 8.82. The first-order chi connectivity index (χ1) is 7.50. The summed E-state index contributed by atoms with van der Waals surface area (Å²) in [5.41, 5.74) is 2.02. The van der Waals surface area contributed by atoms with Crippen molar-refractivity contribution in [2.24, 2.45) is 0 Å². The Balaban J connectivity index is 2.31. The van der Waals surface area contributed by atoms with E-state index in [-0.39, 0.29) is 11.4 Å². The van der Waals surface area contributed by atoms with Gasteiger partial charge in [-0.15, -0.1) is 13.7 Å². The molecule has 0 atom stereocenters. The molecule has 16 heavy (non-hydrogen) atoms. The van der Waals surface area contributed by atoms with Crippen LogP contribution in [0.3, 0.4) is 0 Å². The zero-order chi connectivity index (χ0) is 11.8. The number of rotatable bonds is 2. The van der Waals surface area contributed by atoms with Crippen LogP contribution in [0, 0.1) is 5.82 Å². The summed E-state index contributed by atoms with van der Waals surface area (Å²) in [5.74, 6) is -0.395. The predicted octanol–water partition coefficient (Wildman–Crippen LogP) is 0.267. The molecule has 88 valence electrons. The second-order valence-electron chi connectivity index (χ2n) is 2.80. The van der Waals surface area contributed by atoms with Gasteiger partial charge in [-0.25, -0.2) is 4.39 Å². The van der Waals surface area contributed by atoms with Gasteiger partial charge in [0.25, 0.3) is 0 Å². The fourth-order valence-corrected chi connectivity index (χ4v) is 1.57. The molecule has 1 heterocycles. The van der Waals surface area contributed by atoms with Crippen molar-refractivity contribution in [3.63, 3.8) is 0 Å². The molecule has 1 aliphatic rings. The minimum atomic E-state index is -4.12. The lowest BCUT2D eigenvalue weighted by atomic mass is 10.3. The Hall–Kier alpha value is -1.42. The van der Waals surface area contributed by atoms with E-state index in [2.05, 4.69) is 8.57 Å². The summed E-state index contributed by atoms with van der Waals surface area (Å²) in [6.45, 7) is 0. The monoisotopic (exact) mass is 250 g/mol. The van der Waals surface area contributed by atoms with Crippen molar-refractivity contribution < 1.29 is 26.1 Å². The summed E-state index contributed by atoms with van der Waals surface area (Å²) >= 11 is 0. The predicted molar refractivity (Wildman–Crippen MR) is 49.7 cm³/mol. The van der Waals surface area contributed by atoms with Crippen molar-refractivity contribution in [3.05, 3.63) is 24.0 Å². The highest BCUT2D eigenvalue weighted by atomic mass is 32.3. The smallest absolute Gasteiger partial charge is 0.440 e. The van der Waals surface area contributed by atoms with Gasteiger partial charge in [0.1, 0.15) is 11.6 Å². The zero-order valence-electron chi connectivity index (χ0n) is 8.01. The number of nitrogens with zero attached hydrogens (tertiary/aromatic N) is 1. The van der Waals surface area contributed by atoms with Gasteiger partial charge < -0.3 is 4.74 Å². The average molecular weight is 250 g/mol. The van der Waals surface area contributed by atoms with E-state index < -0.39 is 16.2 Å². The quantitative estimate of drug-likeness (QED) is 0.807. The van der Waals surface area contributed by atoms with Gasteiger partial charge in [-0.1, -0.05) is 5.59 Å². The summed E-state index contributed by atoms with van der Waals surface area (Å²) in [6, 6.07) is 3.54. The van der Waals surface area contributed by atoms with E-state index in [9.17, 15) is 12.8 Å². The molecule has 1 saturated heterocycles. The maximum Gasteiger partial charge on any atom is 0.440 e. The molecule has 0 aliphatic carbocycles. The van der Waals surface area contributed by atoms with Crippen LogP contribution < -0.4 is 15.5 Å². The van der Waals surface area contributed by atoms with Gasteiger partial charge >= 0.3 is 10.4 Å². The van der Waals surface area contributed by atoms with Crippen LogP contribution in [-0.2, 0) is 19.0 Å². The summed E-state index contributed by atoms with van der Waals surface area (Å²) in [5, 5.41) is 0.654. The number of benzene rings is 1. The summed E-state index contributed by atoms with van der Waals surface area (Å²) in [4.78, 5) is 0. The number of hydrogen-bond donors (Lipinski definition) is 1. The van der Waals surface area contributed by atoms with Crippen LogP contribution >= 0.6 is 0 Å². The molecule has 1 fully saturated rings. The molecule has 0 aromatic heterocycles. The Morgan fingerprint density at radius 2 is 2.19 bits per heavy atom. The number of hydrazine groups is 1. The van der Waals surface area contributed by atoms with E-state index in [0.29, 0.717) is 5.17 Å². The van der Waals surface area contributed by atoms with E-state index in [1.165, 1.54) is 13.2 Å². The molecule has 0 unspecified atom stereocenters. The molecule has 0 amide bonds. The minimum Gasteiger partial charge on any atom is -0.497 e. The van der Waals surface area contributed by atoms with Crippen LogP contribution in [0.25, 0.3) is 0 Å². The first-order valence-corrected chi connectivity index (χ1v) is 5.37. The highest BCUT2D eigenvalue weighted by Crippen LogP contribution is 2.25. The van der Waals surface area contributed by atoms with E-state index in [1.807, 2.05) is 5.59 Å². The van der Waals surface area contributed by atoms with Gasteiger partial charge in [0.05, 0.1) is 12.8 Å². The van der Waals surface area contributed by atoms with Gasteiger partial charge in [-0.3, -0.25) is 0 Å². The number of hydrogen-bond acceptors (Lipinski definition) is 7. The Labute approximate surface area is 90.5 Å². The molecule has 0 saturated carbocycles. The van der Waals surface area contributed by atoms with Crippen LogP contribution in [-0.4, -0.2) is 15.5 Å². The largest absolute Gasteiger partial charge is 0.497 e. The molecule has 0 bridgehead atoms. The van der Waals surface area contributed by atoms with Crippen molar-refractivity contribution in [2.45, 2.75) is 0 Å². The highest BCUT2D eigenvalue weighted by molar-refractivity contribution is 7.82. The lowest BCUT2D eigenvalue weighted by Crippen LogP contribution is -2.28. The van der Waals surface area contributed by atoms with Crippen LogP contribution in [0.2, 0.25) is 0 Å². The van der Waals surface area contributed by atoms with Crippen molar-refractivity contribution in [2.75, 3.05) is 12.3 Å². The van der Waals surface area contributed by atoms with Gasteiger partial charge in [-0.05, 0) is 0 Å². The summed E-state index contributed by atoms with van der Waals surface area (Å²) in [6.07, 6.45) is 0. The third-order valence-corrected chi connectivity index (χ3v) is 2.32. The molecular formula is C7H7FN2O5S. The number of halogens is 1. The Kier molecular flexibility index (Phi) is 2.68. The fourth-order valence-electron chi connectivity index (χ4n) is 1.08. The Morgan fingerprint density at radius 3 is 2.75 bits per heavy atom. The molecule has 2 rings (SSSR count). The van der Waals surface area contributed by atoms with Crippen molar-refractivity contribution >= 4 is 16.1 Å². The van der Waals surface area contributed by atoms with Crippen LogP contribution in [0.1, 0.15) is 0 Å². The second-order valence-corrected chi connectivity index (χ2v) is 3.93. The molecule has 0 radical (unpaired) electrons. The van der Waals surface area contributed by atoms with Crippen molar-refractivity contribution in [1.29, 1.82) is 0 Å². The maximum absolute atomic E-state index is 13.1. The summed E-state index contributed by atoms with van der Waals surface area (Å²) in [7, 11) is -2.77. The molecule has 9 heteroatoms. The minimum absolute atomic E-state index is 0.0814. The molecule has 7 nitrogen and oxygen atoms in total.